The predicted molar refractivity (Wildman–Crippen MR) is 205 cm³/mol. The van der Waals surface area contributed by atoms with E-state index in [1.807, 2.05) is 112 Å². The third-order valence-electron chi connectivity index (χ3n) is 6.83. The Morgan fingerprint density at radius 3 is 0.958 bits per heavy atom. The van der Waals surface area contributed by atoms with Gasteiger partial charge in [-0.1, -0.05) is 34.8 Å². The maximum Gasteiger partial charge on any atom is 0.192 e. The van der Waals surface area contributed by atoms with Crippen molar-refractivity contribution in [1.29, 1.82) is 0 Å². The van der Waals surface area contributed by atoms with Crippen molar-refractivity contribution in [3.63, 3.8) is 0 Å². The summed E-state index contributed by atoms with van der Waals surface area (Å²) in [6.07, 6.45) is 5.62. The molecule has 0 aliphatic carbocycles. The minimum absolute atomic E-state index is 0.0879. The van der Waals surface area contributed by atoms with Crippen LogP contribution in [0.1, 0.15) is 31.1 Å². The third-order valence-corrected chi connectivity index (χ3v) is 10.9. The first-order chi connectivity index (χ1) is 22.7. The molecule has 0 saturated heterocycles. The molecule has 0 bridgehead atoms. The summed E-state index contributed by atoms with van der Waals surface area (Å²) >= 11 is 22.7. The summed E-state index contributed by atoms with van der Waals surface area (Å²) in [6.45, 7) is 0. The summed E-state index contributed by atoms with van der Waals surface area (Å²) in [5.74, 6) is 2.45. The van der Waals surface area contributed by atoms with Crippen LogP contribution in [0, 0.1) is 0 Å². The fraction of sp³-hybridized carbons (Fsp3) is 0.250. The van der Waals surface area contributed by atoms with Crippen molar-refractivity contribution in [2.75, 3.05) is 59.5 Å². The third kappa shape index (κ3) is 10.1. The number of ketones is 3. The van der Waals surface area contributed by atoms with Crippen LogP contribution in [0.15, 0.2) is 105 Å². The maximum absolute atomic E-state index is 12.1. The van der Waals surface area contributed by atoms with E-state index in [9.17, 15) is 14.4 Å². The van der Waals surface area contributed by atoms with Gasteiger partial charge in [0.25, 0.3) is 0 Å². The highest BCUT2D eigenvalue weighted by Crippen LogP contribution is 2.36. The van der Waals surface area contributed by atoms with Crippen LogP contribution in [0.5, 0.6) is 0 Å². The SMILES string of the molecule is CN(C)/C=C1\CSc2ccc(Cl)cc2C1=O.CN(C)/C=C1\CSc2ccc(Cl)cc2C1=O.CN(C)/C=C1\CSc2ccc(Cl)cc2C1=O. The summed E-state index contributed by atoms with van der Waals surface area (Å²) in [7, 11) is 11.5. The van der Waals surface area contributed by atoms with Gasteiger partial charge in [-0.05, 0) is 54.6 Å². The molecule has 0 spiro atoms. The number of rotatable bonds is 3. The number of hydrogen-bond donors (Lipinski definition) is 0. The molecular formula is C36H36Cl3N3O3S3. The number of carbonyl (C=O) groups is 3. The van der Waals surface area contributed by atoms with Gasteiger partial charge in [-0.15, -0.1) is 35.3 Å². The van der Waals surface area contributed by atoms with Crippen LogP contribution < -0.4 is 0 Å². The molecule has 48 heavy (non-hydrogen) atoms. The van der Waals surface area contributed by atoms with Crippen LogP contribution in [0.25, 0.3) is 0 Å². The van der Waals surface area contributed by atoms with Gasteiger partial charge in [-0.25, -0.2) is 0 Å². The number of halogens is 3. The fourth-order valence-electron chi connectivity index (χ4n) is 4.82. The fourth-order valence-corrected chi connectivity index (χ4v) is 8.30. The van der Waals surface area contributed by atoms with E-state index in [0.29, 0.717) is 15.1 Å². The Hall–Kier alpha value is -2.79. The first-order valence-electron chi connectivity index (χ1n) is 14.8. The highest BCUT2D eigenvalue weighted by molar-refractivity contribution is 8.00. The summed E-state index contributed by atoms with van der Waals surface area (Å²) in [5.41, 5.74) is 4.63. The standard InChI is InChI=1S/3C12H12ClNOS/c3*1-14(2)6-8-7-16-11-4-3-9(13)5-10(11)12(8)15/h3*3-6H,7H2,1-2H3/b3*8-6+. The second-order valence-corrected chi connectivity index (χ2v) is 16.0. The molecule has 0 radical (unpaired) electrons. The second-order valence-electron chi connectivity index (χ2n) is 11.6. The number of fused-ring (bicyclic) bond motifs is 3. The van der Waals surface area contributed by atoms with Crippen molar-refractivity contribution < 1.29 is 14.4 Å². The number of nitrogens with zero attached hydrogens (tertiary/aromatic N) is 3. The minimum Gasteiger partial charge on any atom is -0.383 e. The highest BCUT2D eigenvalue weighted by atomic mass is 35.5. The molecule has 0 unspecified atom stereocenters. The number of hydrogen-bond acceptors (Lipinski definition) is 9. The number of thioether (sulfide) groups is 3. The van der Waals surface area contributed by atoms with E-state index < -0.39 is 0 Å². The molecule has 0 atom stereocenters. The molecular weight excluding hydrogens is 725 g/mol. The molecule has 3 heterocycles. The Bertz CT molecular complexity index is 1610. The molecule has 3 aliphatic heterocycles. The van der Waals surface area contributed by atoms with Crippen molar-refractivity contribution in [2.45, 2.75) is 14.7 Å². The van der Waals surface area contributed by atoms with Crippen LogP contribution >= 0.6 is 70.1 Å². The van der Waals surface area contributed by atoms with Crippen molar-refractivity contribution in [2.24, 2.45) is 0 Å². The monoisotopic (exact) mass is 759 g/mol. The Balaban J connectivity index is 0.000000163. The number of Topliss-reactive ketones (excluding diaryl/α,β-unsaturated/α-hetero) is 3. The molecule has 12 heteroatoms. The van der Waals surface area contributed by atoms with Gasteiger partial charge in [0.1, 0.15) is 0 Å². The lowest BCUT2D eigenvalue weighted by molar-refractivity contribution is 0.102. The van der Waals surface area contributed by atoms with Gasteiger partial charge < -0.3 is 14.7 Å². The van der Waals surface area contributed by atoms with Crippen LogP contribution in [0.2, 0.25) is 15.1 Å². The molecule has 252 valence electrons. The zero-order valence-corrected chi connectivity index (χ0v) is 32.2. The number of benzene rings is 3. The van der Waals surface area contributed by atoms with Crippen LogP contribution in [-0.4, -0.2) is 91.6 Å². The molecule has 0 aromatic heterocycles. The molecule has 3 aliphatic rings. The Morgan fingerprint density at radius 2 is 0.729 bits per heavy atom. The molecule has 0 N–H and O–H groups in total. The normalized spacial score (nSPS) is 17.4. The average Bonchev–Trinajstić information content (AvgIpc) is 3.02. The molecule has 0 saturated carbocycles. The summed E-state index contributed by atoms with van der Waals surface area (Å²) in [6, 6.07) is 16.4. The van der Waals surface area contributed by atoms with Gasteiger partial charge in [0, 0.05) is 141 Å². The van der Waals surface area contributed by atoms with Gasteiger partial charge in [0.15, 0.2) is 17.3 Å². The second kappa shape index (κ2) is 17.2. The molecule has 0 fully saturated rings. The molecule has 6 rings (SSSR count). The summed E-state index contributed by atoms with van der Waals surface area (Å²) in [4.78, 5) is 45.1. The van der Waals surface area contributed by atoms with E-state index >= 15 is 0 Å². The summed E-state index contributed by atoms with van der Waals surface area (Å²) < 4.78 is 0. The van der Waals surface area contributed by atoms with Crippen LogP contribution in [-0.2, 0) is 0 Å². The lowest BCUT2D eigenvalue weighted by Gasteiger charge is -2.18. The van der Waals surface area contributed by atoms with E-state index in [0.717, 1.165) is 65.4 Å². The van der Waals surface area contributed by atoms with Crippen molar-refractivity contribution in [1.82, 2.24) is 14.7 Å². The van der Waals surface area contributed by atoms with E-state index in [1.165, 1.54) is 0 Å². The Morgan fingerprint density at radius 1 is 0.479 bits per heavy atom. The quantitative estimate of drug-likeness (QED) is 0.243. The largest absolute Gasteiger partial charge is 0.383 e. The van der Waals surface area contributed by atoms with Crippen molar-refractivity contribution >= 4 is 87.4 Å². The topological polar surface area (TPSA) is 60.9 Å². The van der Waals surface area contributed by atoms with E-state index in [4.69, 9.17) is 34.8 Å². The van der Waals surface area contributed by atoms with Crippen LogP contribution in [0.4, 0.5) is 0 Å². The molecule has 3 aromatic rings. The first kappa shape index (κ1) is 38.0. The predicted octanol–water partition coefficient (Wildman–Crippen LogP) is 9.22. The molecule has 0 amide bonds. The maximum atomic E-state index is 12.1. The molecule has 6 nitrogen and oxygen atoms in total. The van der Waals surface area contributed by atoms with Gasteiger partial charge in [0.2, 0.25) is 0 Å². The van der Waals surface area contributed by atoms with Crippen molar-refractivity contribution in [3.05, 3.63) is 122 Å². The van der Waals surface area contributed by atoms with E-state index in [-0.39, 0.29) is 17.3 Å². The van der Waals surface area contributed by atoms with Crippen molar-refractivity contribution in [3.8, 4) is 0 Å². The van der Waals surface area contributed by atoms with Gasteiger partial charge in [-0.3, -0.25) is 14.4 Å². The van der Waals surface area contributed by atoms with E-state index in [1.54, 1.807) is 53.5 Å². The van der Waals surface area contributed by atoms with Crippen LogP contribution in [0.3, 0.4) is 0 Å². The molecule has 3 aromatic carbocycles. The first-order valence-corrected chi connectivity index (χ1v) is 18.8. The van der Waals surface area contributed by atoms with Gasteiger partial charge >= 0.3 is 0 Å². The van der Waals surface area contributed by atoms with E-state index in [2.05, 4.69) is 0 Å². The lowest BCUT2D eigenvalue weighted by Crippen LogP contribution is -2.15. The van der Waals surface area contributed by atoms with Gasteiger partial charge in [0.05, 0.1) is 0 Å². The zero-order valence-electron chi connectivity index (χ0n) is 27.5. The lowest BCUT2D eigenvalue weighted by atomic mass is 10.0. The minimum atomic E-state index is 0.0879. The smallest absolute Gasteiger partial charge is 0.192 e. The Labute approximate surface area is 310 Å². The highest BCUT2D eigenvalue weighted by Gasteiger charge is 2.25. The number of carbonyl (C=O) groups excluding carboxylic acids is 3. The Kier molecular flexibility index (Phi) is 13.6. The summed E-state index contributed by atoms with van der Waals surface area (Å²) in [5, 5.41) is 1.83. The van der Waals surface area contributed by atoms with Gasteiger partial charge in [-0.2, -0.15) is 0 Å². The zero-order chi connectivity index (χ0) is 35.1. The average molecular weight is 761 g/mol.